The van der Waals surface area contributed by atoms with Gasteiger partial charge in [0, 0.05) is 29.6 Å². The summed E-state index contributed by atoms with van der Waals surface area (Å²) in [6.07, 6.45) is 0.253. The number of thiophene rings is 1. The predicted molar refractivity (Wildman–Crippen MR) is 85.8 cm³/mol. The Morgan fingerprint density at radius 1 is 1.14 bits per heavy atom. The van der Waals surface area contributed by atoms with Crippen molar-refractivity contribution in [2.24, 2.45) is 0 Å². The van der Waals surface area contributed by atoms with Gasteiger partial charge in [-0.3, -0.25) is 9.59 Å². The summed E-state index contributed by atoms with van der Waals surface area (Å²) >= 11 is 1.47. The van der Waals surface area contributed by atoms with Gasteiger partial charge in [-0.2, -0.15) is 11.3 Å². The quantitative estimate of drug-likeness (QED) is 0.891. The highest BCUT2D eigenvalue weighted by Gasteiger charge is 2.07. The van der Waals surface area contributed by atoms with Gasteiger partial charge in [0.2, 0.25) is 5.91 Å². The Hall–Kier alpha value is -2.14. The first kappa shape index (κ1) is 15.3. The zero-order chi connectivity index (χ0) is 15.2. The Bertz CT molecular complexity index is 615. The average molecular weight is 302 g/mol. The summed E-state index contributed by atoms with van der Waals surface area (Å²) in [5.74, 6) is -0.249. The second-order valence-electron chi connectivity index (χ2n) is 4.94. The van der Waals surface area contributed by atoms with Crippen molar-refractivity contribution in [2.45, 2.75) is 20.3 Å². The first-order chi connectivity index (χ1) is 10.0. The number of hydrogen-bond donors (Lipinski definition) is 2. The van der Waals surface area contributed by atoms with E-state index in [-0.39, 0.29) is 18.2 Å². The molecule has 2 aromatic rings. The van der Waals surface area contributed by atoms with Crippen molar-refractivity contribution in [2.75, 3.05) is 11.9 Å². The molecule has 0 saturated carbocycles. The van der Waals surface area contributed by atoms with E-state index in [1.165, 1.54) is 11.3 Å². The van der Waals surface area contributed by atoms with Gasteiger partial charge >= 0.3 is 0 Å². The summed E-state index contributed by atoms with van der Waals surface area (Å²) in [6.45, 7) is 4.30. The maximum atomic E-state index is 11.8. The van der Waals surface area contributed by atoms with E-state index in [0.717, 1.165) is 16.8 Å². The molecule has 0 spiro atoms. The number of aryl methyl sites for hydroxylation is 2. The minimum Gasteiger partial charge on any atom is -0.351 e. The molecule has 21 heavy (non-hydrogen) atoms. The number of carbonyl (C=O) groups excluding carboxylic acids is 2. The lowest BCUT2D eigenvalue weighted by atomic mass is 10.1. The van der Waals surface area contributed by atoms with Gasteiger partial charge in [-0.15, -0.1) is 0 Å². The highest BCUT2D eigenvalue weighted by Crippen LogP contribution is 2.13. The van der Waals surface area contributed by atoms with Crippen molar-refractivity contribution in [3.8, 4) is 0 Å². The fourth-order valence-electron chi connectivity index (χ4n) is 2.06. The molecule has 2 amide bonds. The van der Waals surface area contributed by atoms with E-state index in [1.807, 2.05) is 31.4 Å². The summed E-state index contributed by atoms with van der Waals surface area (Å²) in [7, 11) is 0. The van der Waals surface area contributed by atoms with Crippen molar-refractivity contribution in [1.29, 1.82) is 0 Å². The third-order valence-electron chi connectivity index (χ3n) is 2.93. The van der Waals surface area contributed by atoms with E-state index < -0.39 is 0 Å². The Labute approximate surface area is 128 Å². The monoisotopic (exact) mass is 302 g/mol. The lowest BCUT2D eigenvalue weighted by molar-refractivity contribution is -0.116. The van der Waals surface area contributed by atoms with Crippen molar-refractivity contribution in [1.82, 2.24) is 5.32 Å². The normalized spacial score (nSPS) is 10.2. The molecule has 0 radical (unpaired) electrons. The number of anilines is 1. The SMILES string of the molecule is Cc1cc(C)cc(NC(=O)CCNC(=O)c2ccsc2)c1. The Morgan fingerprint density at radius 2 is 1.86 bits per heavy atom. The van der Waals surface area contributed by atoms with Crippen LogP contribution in [-0.2, 0) is 4.79 Å². The number of benzene rings is 1. The average Bonchev–Trinajstić information content (AvgIpc) is 2.90. The van der Waals surface area contributed by atoms with Crippen LogP contribution in [0.1, 0.15) is 27.9 Å². The van der Waals surface area contributed by atoms with Gasteiger partial charge < -0.3 is 10.6 Å². The van der Waals surface area contributed by atoms with Gasteiger partial charge in [0.15, 0.2) is 0 Å². The highest BCUT2D eigenvalue weighted by molar-refractivity contribution is 7.08. The number of amides is 2. The van der Waals surface area contributed by atoms with Crippen molar-refractivity contribution >= 4 is 28.8 Å². The zero-order valence-electron chi connectivity index (χ0n) is 12.1. The molecule has 0 fully saturated rings. The van der Waals surface area contributed by atoms with E-state index in [1.54, 1.807) is 11.4 Å². The topological polar surface area (TPSA) is 58.2 Å². The Kier molecular flexibility index (Phi) is 5.11. The maximum Gasteiger partial charge on any atom is 0.252 e. The van der Waals surface area contributed by atoms with E-state index >= 15 is 0 Å². The minimum absolute atomic E-state index is 0.106. The molecule has 0 aliphatic rings. The molecule has 1 aromatic carbocycles. The van der Waals surface area contributed by atoms with Gasteiger partial charge in [0.25, 0.3) is 5.91 Å². The second-order valence-corrected chi connectivity index (χ2v) is 5.72. The van der Waals surface area contributed by atoms with Crippen molar-refractivity contribution in [3.05, 3.63) is 51.7 Å². The lowest BCUT2D eigenvalue weighted by Crippen LogP contribution is -2.27. The van der Waals surface area contributed by atoms with Crippen LogP contribution in [0.2, 0.25) is 0 Å². The summed E-state index contributed by atoms with van der Waals surface area (Å²) in [5.41, 5.74) is 3.64. The smallest absolute Gasteiger partial charge is 0.252 e. The van der Waals surface area contributed by atoms with Crippen LogP contribution in [0.4, 0.5) is 5.69 Å². The summed E-state index contributed by atoms with van der Waals surface area (Å²) in [4.78, 5) is 23.5. The second kappa shape index (κ2) is 7.04. The van der Waals surface area contributed by atoms with Gasteiger partial charge in [-0.1, -0.05) is 6.07 Å². The first-order valence-corrected chi connectivity index (χ1v) is 7.67. The number of hydrogen-bond acceptors (Lipinski definition) is 3. The molecule has 1 aromatic heterocycles. The third-order valence-corrected chi connectivity index (χ3v) is 3.61. The van der Waals surface area contributed by atoms with Crippen LogP contribution < -0.4 is 10.6 Å². The summed E-state index contributed by atoms with van der Waals surface area (Å²) in [5, 5.41) is 9.21. The molecular weight excluding hydrogens is 284 g/mol. The molecule has 0 bridgehead atoms. The molecule has 0 atom stereocenters. The van der Waals surface area contributed by atoms with Gasteiger partial charge in [-0.05, 0) is 48.6 Å². The summed E-state index contributed by atoms with van der Waals surface area (Å²) in [6, 6.07) is 7.66. The molecule has 0 unspecified atom stereocenters. The van der Waals surface area contributed by atoms with E-state index in [4.69, 9.17) is 0 Å². The molecule has 0 saturated heterocycles. The maximum absolute atomic E-state index is 11.8. The van der Waals surface area contributed by atoms with Crippen molar-refractivity contribution in [3.63, 3.8) is 0 Å². The van der Waals surface area contributed by atoms with Gasteiger partial charge in [-0.25, -0.2) is 0 Å². The standard InChI is InChI=1S/C16H18N2O2S/c1-11-7-12(2)9-14(8-11)18-15(19)3-5-17-16(20)13-4-6-21-10-13/h4,6-10H,3,5H2,1-2H3,(H,17,20)(H,18,19). The summed E-state index contributed by atoms with van der Waals surface area (Å²) < 4.78 is 0. The first-order valence-electron chi connectivity index (χ1n) is 6.73. The molecule has 4 nitrogen and oxygen atoms in total. The van der Waals surface area contributed by atoms with Crippen LogP contribution in [0.15, 0.2) is 35.0 Å². The molecular formula is C16H18N2O2S. The molecule has 1 heterocycles. The van der Waals surface area contributed by atoms with Crippen LogP contribution in [0.3, 0.4) is 0 Å². The number of carbonyl (C=O) groups is 2. The fraction of sp³-hybridized carbons (Fsp3) is 0.250. The third kappa shape index (κ3) is 4.72. The van der Waals surface area contributed by atoms with E-state index in [9.17, 15) is 9.59 Å². The van der Waals surface area contributed by atoms with E-state index in [0.29, 0.717) is 12.1 Å². The van der Waals surface area contributed by atoms with E-state index in [2.05, 4.69) is 16.7 Å². The highest BCUT2D eigenvalue weighted by atomic mass is 32.1. The predicted octanol–water partition coefficient (Wildman–Crippen LogP) is 3.12. The molecule has 0 aliphatic heterocycles. The van der Waals surface area contributed by atoms with Gasteiger partial charge in [0.1, 0.15) is 0 Å². The van der Waals surface area contributed by atoms with Crippen molar-refractivity contribution < 1.29 is 9.59 Å². The van der Waals surface area contributed by atoms with Gasteiger partial charge in [0.05, 0.1) is 0 Å². The molecule has 2 rings (SSSR count). The molecule has 2 N–H and O–H groups in total. The molecule has 5 heteroatoms. The molecule has 110 valence electrons. The van der Waals surface area contributed by atoms with Crippen LogP contribution in [0, 0.1) is 13.8 Å². The largest absolute Gasteiger partial charge is 0.351 e. The van der Waals surface area contributed by atoms with Crippen LogP contribution in [0.25, 0.3) is 0 Å². The minimum atomic E-state index is -0.143. The van der Waals surface area contributed by atoms with Crippen LogP contribution >= 0.6 is 11.3 Å². The lowest BCUT2D eigenvalue weighted by Gasteiger charge is -2.08. The zero-order valence-corrected chi connectivity index (χ0v) is 12.9. The van der Waals surface area contributed by atoms with Crippen LogP contribution in [-0.4, -0.2) is 18.4 Å². The fourth-order valence-corrected chi connectivity index (χ4v) is 2.69. The molecule has 0 aliphatic carbocycles. The van der Waals surface area contributed by atoms with Crippen LogP contribution in [0.5, 0.6) is 0 Å². The number of rotatable bonds is 5. The number of nitrogens with one attached hydrogen (secondary N) is 2. The Balaban J connectivity index is 1.78. The Morgan fingerprint density at radius 3 is 2.48 bits per heavy atom.